The second kappa shape index (κ2) is 7.27. The largest absolute Gasteiger partial charge is 0.504 e. The van der Waals surface area contributed by atoms with Crippen LogP contribution in [0.2, 0.25) is 0 Å². The number of para-hydroxylation sites is 1. The summed E-state index contributed by atoms with van der Waals surface area (Å²) >= 11 is 0. The lowest BCUT2D eigenvalue weighted by atomic mass is 10.0. The fraction of sp³-hybridized carbons (Fsp3) is 0.174. The van der Waals surface area contributed by atoms with Gasteiger partial charge in [0.2, 0.25) is 0 Å². The molecule has 0 aromatic heterocycles. The minimum atomic E-state index is -0.427. The van der Waals surface area contributed by atoms with Crippen molar-refractivity contribution in [3.05, 3.63) is 83.4 Å². The maximum Gasteiger partial charge on any atom is 0.262 e. The molecule has 0 spiro atoms. The van der Waals surface area contributed by atoms with Crippen molar-refractivity contribution in [3.63, 3.8) is 0 Å². The van der Waals surface area contributed by atoms with Crippen LogP contribution in [-0.4, -0.2) is 18.1 Å². The van der Waals surface area contributed by atoms with E-state index in [0.717, 1.165) is 23.4 Å². The molecule has 3 aromatic rings. The van der Waals surface area contributed by atoms with Gasteiger partial charge in [-0.15, -0.1) is 0 Å². The van der Waals surface area contributed by atoms with Gasteiger partial charge in [0.1, 0.15) is 6.17 Å². The maximum atomic E-state index is 13.4. The lowest BCUT2D eigenvalue weighted by Crippen LogP contribution is -2.43. The van der Waals surface area contributed by atoms with Crippen molar-refractivity contribution in [3.8, 4) is 11.5 Å². The molecule has 0 radical (unpaired) electrons. The van der Waals surface area contributed by atoms with Crippen molar-refractivity contribution >= 4 is 17.3 Å². The molecule has 1 atom stereocenters. The normalized spacial score (nSPS) is 15.7. The molecule has 142 valence electrons. The maximum absolute atomic E-state index is 13.4. The van der Waals surface area contributed by atoms with Crippen LogP contribution < -0.4 is 15.0 Å². The number of rotatable bonds is 4. The number of benzene rings is 3. The average molecular weight is 374 g/mol. The van der Waals surface area contributed by atoms with Crippen molar-refractivity contribution in [2.75, 3.05) is 17.3 Å². The molecule has 0 saturated carbocycles. The first-order chi connectivity index (χ1) is 13.6. The number of aryl methyl sites for hydroxylation is 1. The second-order valence-corrected chi connectivity index (χ2v) is 6.72. The van der Waals surface area contributed by atoms with Gasteiger partial charge >= 0.3 is 0 Å². The summed E-state index contributed by atoms with van der Waals surface area (Å²) in [4.78, 5) is 15.1. The summed E-state index contributed by atoms with van der Waals surface area (Å²) in [7, 11) is 1.51. The van der Waals surface area contributed by atoms with Crippen LogP contribution in [0.5, 0.6) is 11.5 Å². The third-order valence-electron chi connectivity index (χ3n) is 5.07. The zero-order valence-electron chi connectivity index (χ0n) is 15.8. The molecule has 5 heteroatoms. The smallest absolute Gasteiger partial charge is 0.262 e. The summed E-state index contributed by atoms with van der Waals surface area (Å²) in [6, 6.07) is 20.6. The number of methoxy groups -OCH3 is 1. The van der Waals surface area contributed by atoms with Crippen molar-refractivity contribution < 1.29 is 14.6 Å². The Balaban J connectivity index is 1.84. The molecule has 5 nitrogen and oxygen atoms in total. The van der Waals surface area contributed by atoms with Crippen LogP contribution in [0.4, 0.5) is 11.4 Å². The lowest BCUT2D eigenvalue weighted by Gasteiger charge is -2.38. The van der Waals surface area contributed by atoms with Crippen LogP contribution in [-0.2, 0) is 6.42 Å². The average Bonchev–Trinajstić information content (AvgIpc) is 2.74. The van der Waals surface area contributed by atoms with Gasteiger partial charge in [0, 0.05) is 11.4 Å². The standard InChI is InChI=1S/C23H22N2O3/c1-3-15-8-11-17(12-9-15)25-22(16-10-13-20(26)21(14-16)28-2)24-19-7-5-4-6-18(19)23(25)27/h4-14,22,24,26H,3H2,1-2H3. The molecular formula is C23H22N2O3. The molecular weight excluding hydrogens is 352 g/mol. The highest BCUT2D eigenvalue weighted by Gasteiger charge is 2.34. The predicted molar refractivity (Wildman–Crippen MR) is 110 cm³/mol. The summed E-state index contributed by atoms with van der Waals surface area (Å²) in [5.74, 6) is 0.357. The Morgan fingerprint density at radius 3 is 2.54 bits per heavy atom. The Hall–Kier alpha value is -3.47. The minimum absolute atomic E-state index is 0.0626. The third-order valence-corrected chi connectivity index (χ3v) is 5.07. The summed E-state index contributed by atoms with van der Waals surface area (Å²) in [5.41, 5.74) is 4.25. The van der Waals surface area contributed by atoms with Crippen molar-refractivity contribution in [2.24, 2.45) is 0 Å². The van der Waals surface area contributed by atoms with Gasteiger partial charge < -0.3 is 15.2 Å². The number of nitrogens with zero attached hydrogens (tertiary/aromatic N) is 1. The van der Waals surface area contributed by atoms with E-state index in [4.69, 9.17) is 4.74 Å². The number of fused-ring (bicyclic) bond motifs is 1. The molecule has 0 aliphatic carbocycles. The summed E-state index contributed by atoms with van der Waals surface area (Å²) in [5, 5.41) is 13.4. The number of carbonyl (C=O) groups excluding carboxylic acids is 1. The Bertz CT molecular complexity index is 1010. The van der Waals surface area contributed by atoms with E-state index in [2.05, 4.69) is 12.2 Å². The molecule has 1 aliphatic rings. The Morgan fingerprint density at radius 1 is 1.07 bits per heavy atom. The number of nitrogens with one attached hydrogen (secondary N) is 1. The quantitative estimate of drug-likeness (QED) is 0.693. The van der Waals surface area contributed by atoms with Crippen molar-refractivity contribution in [1.29, 1.82) is 0 Å². The third kappa shape index (κ3) is 3.05. The molecule has 0 fully saturated rings. The fourth-order valence-corrected chi connectivity index (χ4v) is 3.51. The summed E-state index contributed by atoms with van der Waals surface area (Å²) in [6.07, 6.45) is 0.512. The molecule has 4 rings (SSSR count). The van der Waals surface area contributed by atoms with Crippen LogP contribution in [0, 0.1) is 0 Å². The molecule has 1 heterocycles. The summed E-state index contributed by atoms with van der Waals surface area (Å²) < 4.78 is 5.26. The first kappa shape index (κ1) is 17.9. The fourth-order valence-electron chi connectivity index (χ4n) is 3.51. The number of anilines is 2. The predicted octanol–water partition coefficient (Wildman–Crippen LogP) is 4.73. The van der Waals surface area contributed by atoms with Crippen LogP contribution in [0.1, 0.15) is 34.6 Å². The number of carbonyl (C=O) groups is 1. The molecule has 3 aromatic carbocycles. The van der Waals surface area contributed by atoms with E-state index in [1.54, 1.807) is 23.1 Å². The van der Waals surface area contributed by atoms with E-state index in [1.165, 1.54) is 12.7 Å². The second-order valence-electron chi connectivity index (χ2n) is 6.72. The minimum Gasteiger partial charge on any atom is -0.504 e. The molecule has 1 amide bonds. The van der Waals surface area contributed by atoms with Crippen molar-refractivity contribution in [2.45, 2.75) is 19.5 Å². The van der Waals surface area contributed by atoms with Crippen LogP contribution in [0.15, 0.2) is 66.7 Å². The number of aromatic hydroxyl groups is 1. The topological polar surface area (TPSA) is 61.8 Å². The van der Waals surface area contributed by atoms with Crippen LogP contribution in [0.25, 0.3) is 0 Å². The lowest BCUT2D eigenvalue weighted by molar-refractivity contribution is 0.0975. The number of amides is 1. The highest BCUT2D eigenvalue weighted by molar-refractivity contribution is 6.12. The molecule has 28 heavy (non-hydrogen) atoms. The Kier molecular flexibility index (Phi) is 4.65. The summed E-state index contributed by atoms with van der Waals surface area (Å²) in [6.45, 7) is 2.10. The van der Waals surface area contributed by atoms with Gasteiger partial charge in [-0.05, 0) is 53.9 Å². The zero-order chi connectivity index (χ0) is 19.7. The first-order valence-electron chi connectivity index (χ1n) is 9.27. The Labute approximate surface area is 164 Å². The van der Waals surface area contributed by atoms with Gasteiger partial charge in [-0.2, -0.15) is 0 Å². The number of phenolic OH excluding ortho intramolecular Hbond substituents is 1. The van der Waals surface area contributed by atoms with Gasteiger partial charge in [-0.1, -0.05) is 37.3 Å². The van der Waals surface area contributed by atoms with E-state index < -0.39 is 6.17 Å². The van der Waals surface area contributed by atoms with Crippen LogP contribution in [0.3, 0.4) is 0 Å². The Morgan fingerprint density at radius 2 is 1.82 bits per heavy atom. The number of hydrogen-bond acceptors (Lipinski definition) is 4. The van der Waals surface area contributed by atoms with E-state index in [9.17, 15) is 9.90 Å². The number of phenols is 1. The number of hydrogen-bond donors (Lipinski definition) is 2. The SMILES string of the molecule is CCc1ccc(N2C(=O)c3ccccc3NC2c2ccc(O)c(OC)c2)cc1. The number of ether oxygens (including phenoxy) is 1. The van der Waals surface area contributed by atoms with Crippen molar-refractivity contribution in [1.82, 2.24) is 0 Å². The highest BCUT2D eigenvalue weighted by atomic mass is 16.5. The van der Waals surface area contributed by atoms with Gasteiger partial charge in [0.15, 0.2) is 11.5 Å². The molecule has 1 aliphatic heterocycles. The van der Waals surface area contributed by atoms with Gasteiger partial charge in [-0.25, -0.2) is 0 Å². The highest BCUT2D eigenvalue weighted by Crippen LogP contribution is 2.39. The van der Waals surface area contributed by atoms with E-state index in [1.807, 2.05) is 48.5 Å². The monoisotopic (exact) mass is 374 g/mol. The molecule has 1 unspecified atom stereocenters. The van der Waals surface area contributed by atoms with Gasteiger partial charge in [0.05, 0.1) is 12.7 Å². The molecule has 0 bridgehead atoms. The van der Waals surface area contributed by atoms with E-state index in [0.29, 0.717) is 11.3 Å². The van der Waals surface area contributed by atoms with Crippen LogP contribution >= 0.6 is 0 Å². The molecule has 0 saturated heterocycles. The van der Waals surface area contributed by atoms with Gasteiger partial charge in [-0.3, -0.25) is 9.69 Å². The van der Waals surface area contributed by atoms with E-state index in [-0.39, 0.29) is 11.7 Å². The first-order valence-corrected chi connectivity index (χ1v) is 9.27. The van der Waals surface area contributed by atoms with E-state index >= 15 is 0 Å². The zero-order valence-corrected chi connectivity index (χ0v) is 15.8. The molecule has 2 N–H and O–H groups in total. The van der Waals surface area contributed by atoms with Gasteiger partial charge in [0.25, 0.3) is 5.91 Å².